The molecule has 0 aromatic rings. The van der Waals surface area contributed by atoms with E-state index in [9.17, 15) is 19.8 Å². The molecule has 0 aliphatic rings. The summed E-state index contributed by atoms with van der Waals surface area (Å²) < 4.78 is 5.47. The van der Waals surface area contributed by atoms with Crippen LogP contribution < -0.4 is 5.32 Å². The number of amides is 1. The first-order valence-electron chi connectivity index (χ1n) is 35.9. The summed E-state index contributed by atoms with van der Waals surface area (Å²) in [7, 11) is 0. The summed E-state index contributed by atoms with van der Waals surface area (Å²) in [6, 6.07) is -0.629. The number of carbonyl (C=O) groups is 2. The first kappa shape index (κ1) is 77.8. The van der Waals surface area contributed by atoms with E-state index in [4.69, 9.17) is 4.74 Å². The number of hydrogen-bond acceptors (Lipinski definition) is 5. The lowest BCUT2D eigenvalue weighted by atomic mass is 10.0. The Bertz CT molecular complexity index is 1340. The van der Waals surface area contributed by atoms with E-state index >= 15 is 0 Å². The van der Waals surface area contributed by atoms with Crippen molar-refractivity contribution in [3.63, 3.8) is 0 Å². The topological polar surface area (TPSA) is 95.9 Å². The van der Waals surface area contributed by atoms with Crippen LogP contribution in [0.5, 0.6) is 0 Å². The largest absolute Gasteiger partial charge is 0.466 e. The lowest BCUT2D eigenvalue weighted by molar-refractivity contribution is -0.143. The van der Waals surface area contributed by atoms with Gasteiger partial charge in [-0.3, -0.25) is 9.59 Å². The highest BCUT2D eigenvalue weighted by atomic mass is 16.5. The van der Waals surface area contributed by atoms with Crippen LogP contribution in [0.3, 0.4) is 0 Å². The molecule has 0 aliphatic carbocycles. The fraction of sp³-hybridized carbons (Fsp3) is 0.865. The van der Waals surface area contributed by atoms with E-state index in [1.165, 1.54) is 308 Å². The number of aliphatic hydroxyl groups excluding tert-OH is 2. The van der Waals surface area contributed by atoms with Crippen molar-refractivity contribution in [1.29, 1.82) is 0 Å². The van der Waals surface area contributed by atoms with Gasteiger partial charge in [0.1, 0.15) is 0 Å². The molecule has 0 rings (SSSR count). The van der Waals surface area contributed by atoms with Crippen LogP contribution in [0, 0.1) is 0 Å². The van der Waals surface area contributed by atoms with Gasteiger partial charge in [-0.15, -0.1) is 0 Å². The second-order valence-electron chi connectivity index (χ2n) is 24.6. The molecule has 0 saturated carbocycles. The smallest absolute Gasteiger partial charge is 0.305 e. The molecule has 0 aromatic heterocycles. The Labute approximate surface area is 499 Å². The van der Waals surface area contributed by atoms with Gasteiger partial charge in [-0.2, -0.15) is 0 Å². The zero-order chi connectivity index (χ0) is 57.8. The van der Waals surface area contributed by atoms with Gasteiger partial charge in [-0.1, -0.05) is 339 Å². The molecule has 0 aliphatic heterocycles. The van der Waals surface area contributed by atoms with Crippen molar-refractivity contribution >= 4 is 11.9 Å². The third-order valence-corrected chi connectivity index (χ3v) is 16.5. The van der Waals surface area contributed by atoms with E-state index in [1.54, 1.807) is 6.08 Å². The monoisotopic (exact) mass is 1120 g/mol. The highest BCUT2D eigenvalue weighted by Crippen LogP contribution is 2.18. The number of carbonyl (C=O) groups excluding carboxylic acids is 2. The van der Waals surface area contributed by atoms with E-state index in [1.807, 2.05) is 6.08 Å². The zero-order valence-corrected chi connectivity index (χ0v) is 53.8. The number of rotatable bonds is 67. The summed E-state index contributed by atoms with van der Waals surface area (Å²) in [5, 5.41) is 23.3. The minimum Gasteiger partial charge on any atom is -0.466 e. The fourth-order valence-corrected chi connectivity index (χ4v) is 11.1. The number of hydrogen-bond donors (Lipinski definition) is 3. The van der Waals surface area contributed by atoms with E-state index in [0.29, 0.717) is 19.4 Å². The van der Waals surface area contributed by atoms with Crippen molar-refractivity contribution in [3.05, 3.63) is 48.6 Å². The molecule has 0 radical (unpaired) electrons. The summed E-state index contributed by atoms with van der Waals surface area (Å²) in [5.74, 6) is -0.0630. The lowest BCUT2D eigenvalue weighted by Gasteiger charge is -2.20. The average molecular weight is 1120 g/mol. The maximum Gasteiger partial charge on any atom is 0.305 e. The summed E-state index contributed by atoms with van der Waals surface area (Å²) in [4.78, 5) is 24.6. The van der Waals surface area contributed by atoms with Crippen LogP contribution in [-0.4, -0.2) is 47.4 Å². The van der Waals surface area contributed by atoms with Crippen molar-refractivity contribution in [2.24, 2.45) is 0 Å². The summed E-state index contributed by atoms with van der Waals surface area (Å²) in [6.07, 6.45) is 90.5. The highest BCUT2D eigenvalue weighted by molar-refractivity contribution is 5.76. The van der Waals surface area contributed by atoms with Gasteiger partial charge in [0.05, 0.1) is 25.4 Å². The summed E-state index contributed by atoms with van der Waals surface area (Å²) in [6.45, 7) is 4.86. The molecule has 0 spiro atoms. The van der Waals surface area contributed by atoms with Crippen LogP contribution >= 0.6 is 0 Å². The van der Waals surface area contributed by atoms with Crippen molar-refractivity contribution in [3.8, 4) is 0 Å². The van der Waals surface area contributed by atoms with Gasteiger partial charge < -0.3 is 20.3 Å². The Morgan fingerprint density at radius 3 is 1.01 bits per heavy atom. The molecule has 470 valence electrons. The standard InChI is InChI=1S/C74H139NO5/c1-3-5-7-9-11-13-15-17-18-19-20-30-33-36-39-43-46-50-54-58-62-66-72(77)71(70-76)75-73(78)67-63-59-55-51-47-44-40-37-34-31-28-26-24-22-21-23-25-27-29-32-35-38-41-45-49-53-57-61-65-69-80-74(79)68-64-60-56-52-48-42-16-14-12-10-8-6-4-2/h8,10,14,16,21,23,62,66,71-72,76-77H,3-7,9,11-13,15,17-20,22,24-61,63-65,67-70H2,1-2H3,(H,75,78)/b10-8-,16-14-,23-21-,66-62+. The van der Waals surface area contributed by atoms with Crippen LogP contribution in [0.1, 0.15) is 386 Å². The maximum absolute atomic E-state index is 12.5. The Kier molecular flexibility index (Phi) is 67.4. The van der Waals surface area contributed by atoms with Gasteiger partial charge in [0.2, 0.25) is 5.91 Å². The fourth-order valence-electron chi connectivity index (χ4n) is 11.1. The molecule has 0 heterocycles. The molecule has 80 heavy (non-hydrogen) atoms. The normalized spacial score (nSPS) is 12.8. The van der Waals surface area contributed by atoms with Gasteiger partial charge >= 0.3 is 5.97 Å². The first-order chi connectivity index (χ1) is 39.5. The molecule has 6 nitrogen and oxygen atoms in total. The van der Waals surface area contributed by atoms with Crippen molar-refractivity contribution < 1.29 is 24.5 Å². The van der Waals surface area contributed by atoms with Crippen molar-refractivity contribution in [2.45, 2.75) is 398 Å². The molecular formula is C74H139NO5. The van der Waals surface area contributed by atoms with E-state index in [0.717, 1.165) is 51.4 Å². The van der Waals surface area contributed by atoms with Crippen LogP contribution in [0.25, 0.3) is 0 Å². The number of nitrogens with one attached hydrogen (secondary N) is 1. The van der Waals surface area contributed by atoms with Gasteiger partial charge in [0, 0.05) is 12.8 Å². The quantitative estimate of drug-likeness (QED) is 0.0320. The summed E-state index contributed by atoms with van der Waals surface area (Å²) >= 11 is 0. The Balaban J connectivity index is 3.41. The van der Waals surface area contributed by atoms with Gasteiger partial charge in [0.15, 0.2) is 0 Å². The third-order valence-electron chi connectivity index (χ3n) is 16.5. The van der Waals surface area contributed by atoms with Crippen LogP contribution in [-0.2, 0) is 14.3 Å². The third kappa shape index (κ3) is 65.0. The molecule has 3 N–H and O–H groups in total. The molecule has 0 bridgehead atoms. The van der Waals surface area contributed by atoms with Crippen LogP contribution in [0.2, 0.25) is 0 Å². The molecule has 2 unspecified atom stereocenters. The number of ether oxygens (including phenoxy) is 1. The number of esters is 1. The second kappa shape index (κ2) is 69.3. The second-order valence-corrected chi connectivity index (χ2v) is 24.6. The zero-order valence-electron chi connectivity index (χ0n) is 53.8. The van der Waals surface area contributed by atoms with Gasteiger partial charge in [-0.25, -0.2) is 0 Å². The minimum absolute atomic E-state index is 0.000871. The molecule has 1 amide bonds. The van der Waals surface area contributed by atoms with E-state index in [2.05, 4.69) is 55.6 Å². The number of unbranched alkanes of at least 4 members (excludes halogenated alkanes) is 50. The van der Waals surface area contributed by atoms with Gasteiger partial charge in [-0.05, 0) is 83.5 Å². The number of aliphatic hydroxyl groups is 2. The molecule has 6 heteroatoms. The summed E-state index contributed by atoms with van der Waals surface area (Å²) in [5.41, 5.74) is 0. The molecule has 0 aromatic carbocycles. The highest BCUT2D eigenvalue weighted by Gasteiger charge is 2.18. The van der Waals surface area contributed by atoms with Crippen molar-refractivity contribution in [1.82, 2.24) is 5.32 Å². The Morgan fingerprint density at radius 2 is 0.650 bits per heavy atom. The van der Waals surface area contributed by atoms with Gasteiger partial charge in [0.25, 0.3) is 0 Å². The SMILES string of the molecule is CCC/C=C\C/C=C\CCCCCCCC(=O)OCCCCCCCCCCCCCC/C=C\CCCCCCCCCCCCCCCC(=O)NC(CO)C(O)/C=C/CCCCCCCCCCCCCCCCCCCCC. The molecular weight excluding hydrogens is 983 g/mol. The van der Waals surface area contributed by atoms with Crippen molar-refractivity contribution in [2.75, 3.05) is 13.2 Å². The number of allylic oxidation sites excluding steroid dienone is 7. The predicted molar refractivity (Wildman–Crippen MR) is 352 cm³/mol. The molecule has 0 fully saturated rings. The maximum atomic E-state index is 12.5. The van der Waals surface area contributed by atoms with E-state index in [-0.39, 0.29) is 18.5 Å². The minimum atomic E-state index is -0.846. The van der Waals surface area contributed by atoms with Crippen LogP contribution in [0.15, 0.2) is 48.6 Å². The first-order valence-corrected chi connectivity index (χ1v) is 35.9. The predicted octanol–water partition coefficient (Wildman–Crippen LogP) is 23.3. The average Bonchev–Trinajstić information content (AvgIpc) is 3.46. The molecule has 0 saturated heterocycles. The Morgan fingerprint density at radius 1 is 0.350 bits per heavy atom. The van der Waals surface area contributed by atoms with Crippen LogP contribution in [0.4, 0.5) is 0 Å². The lowest BCUT2D eigenvalue weighted by Crippen LogP contribution is -2.45. The van der Waals surface area contributed by atoms with E-state index < -0.39 is 12.1 Å². The Hall–Kier alpha value is -2.18. The molecule has 2 atom stereocenters.